The van der Waals surface area contributed by atoms with Gasteiger partial charge < -0.3 is 5.32 Å². The highest BCUT2D eigenvalue weighted by atomic mass is 35.5. The Morgan fingerprint density at radius 2 is 2.36 bits per heavy atom. The summed E-state index contributed by atoms with van der Waals surface area (Å²) in [5.41, 5.74) is 1.16. The van der Waals surface area contributed by atoms with Crippen molar-refractivity contribution in [3.63, 3.8) is 0 Å². The highest BCUT2D eigenvalue weighted by Crippen LogP contribution is 2.25. The van der Waals surface area contributed by atoms with Crippen molar-refractivity contribution in [1.29, 1.82) is 0 Å². The molecule has 2 nitrogen and oxygen atoms in total. The molecule has 1 aliphatic rings. The third-order valence-electron chi connectivity index (χ3n) is 1.67. The van der Waals surface area contributed by atoms with Crippen molar-refractivity contribution >= 4 is 29.8 Å². The zero-order valence-electron chi connectivity index (χ0n) is 5.80. The Labute approximate surface area is 76.4 Å². The second-order valence-electron chi connectivity index (χ2n) is 2.30. The molecule has 60 valence electrons. The molecule has 2 rings (SSSR count). The lowest BCUT2D eigenvalue weighted by molar-refractivity contribution is 1.11. The van der Waals surface area contributed by atoms with E-state index in [1.54, 1.807) is 6.20 Å². The second-order valence-corrected chi connectivity index (χ2v) is 2.70. The molecule has 0 fully saturated rings. The molecule has 1 aromatic rings. The van der Waals surface area contributed by atoms with Crippen LogP contribution in [-0.2, 0) is 6.42 Å². The molecule has 4 heteroatoms. The van der Waals surface area contributed by atoms with E-state index in [1.807, 2.05) is 6.07 Å². The highest BCUT2D eigenvalue weighted by molar-refractivity contribution is 6.31. The summed E-state index contributed by atoms with van der Waals surface area (Å²) >= 11 is 5.89. The van der Waals surface area contributed by atoms with Crippen LogP contribution in [0.5, 0.6) is 0 Å². The van der Waals surface area contributed by atoms with E-state index in [9.17, 15) is 0 Å². The molecule has 0 spiro atoms. The molecule has 0 saturated carbocycles. The van der Waals surface area contributed by atoms with Crippen molar-refractivity contribution in [2.24, 2.45) is 0 Å². The summed E-state index contributed by atoms with van der Waals surface area (Å²) in [5.74, 6) is 0.951. The van der Waals surface area contributed by atoms with Crippen LogP contribution in [0.15, 0.2) is 12.3 Å². The van der Waals surface area contributed by atoms with E-state index in [-0.39, 0.29) is 12.4 Å². The summed E-state index contributed by atoms with van der Waals surface area (Å²) in [6.45, 7) is 0.964. The predicted octanol–water partition coefficient (Wildman–Crippen LogP) is 2.12. The molecule has 0 amide bonds. The van der Waals surface area contributed by atoms with Crippen LogP contribution >= 0.6 is 24.0 Å². The van der Waals surface area contributed by atoms with Gasteiger partial charge >= 0.3 is 0 Å². The van der Waals surface area contributed by atoms with Crippen LogP contribution in [0, 0.1) is 0 Å². The number of nitrogens with zero attached hydrogens (tertiary/aromatic N) is 1. The van der Waals surface area contributed by atoms with E-state index in [0.29, 0.717) is 0 Å². The number of aromatic nitrogens is 1. The van der Waals surface area contributed by atoms with E-state index >= 15 is 0 Å². The van der Waals surface area contributed by atoms with Gasteiger partial charge in [0, 0.05) is 23.3 Å². The number of nitrogens with one attached hydrogen (secondary N) is 1. The van der Waals surface area contributed by atoms with Crippen LogP contribution < -0.4 is 5.32 Å². The first-order valence-corrected chi connectivity index (χ1v) is 3.63. The van der Waals surface area contributed by atoms with Gasteiger partial charge in [0.2, 0.25) is 0 Å². The molecule has 0 bridgehead atoms. The lowest BCUT2D eigenvalue weighted by Crippen LogP contribution is -1.92. The highest BCUT2D eigenvalue weighted by Gasteiger charge is 2.12. The van der Waals surface area contributed by atoms with Gasteiger partial charge in [-0.2, -0.15) is 0 Å². The van der Waals surface area contributed by atoms with E-state index in [0.717, 1.165) is 29.4 Å². The van der Waals surface area contributed by atoms with Crippen molar-refractivity contribution in [2.45, 2.75) is 6.42 Å². The van der Waals surface area contributed by atoms with E-state index < -0.39 is 0 Å². The maximum absolute atomic E-state index is 5.89. The number of pyridine rings is 1. The molecule has 1 aliphatic heterocycles. The molecule has 1 N–H and O–H groups in total. The summed E-state index contributed by atoms with van der Waals surface area (Å²) in [7, 11) is 0. The minimum absolute atomic E-state index is 0. The topological polar surface area (TPSA) is 24.9 Å². The molecule has 11 heavy (non-hydrogen) atoms. The average Bonchev–Trinajstić information content (AvgIpc) is 2.36. The second kappa shape index (κ2) is 3.28. The molecule has 0 aliphatic carbocycles. The van der Waals surface area contributed by atoms with Gasteiger partial charge in [-0.05, 0) is 12.5 Å². The Morgan fingerprint density at radius 1 is 1.55 bits per heavy atom. The van der Waals surface area contributed by atoms with E-state index in [1.165, 1.54) is 0 Å². The van der Waals surface area contributed by atoms with Gasteiger partial charge in [0.1, 0.15) is 5.82 Å². The third kappa shape index (κ3) is 1.42. The lowest BCUT2D eigenvalue weighted by Gasteiger charge is -1.97. The molecule has 0 saturated heterocycles. The smallest absolute Gasteiger partial charge is 0.130 e. The Kier molecular flexibility index (Phi) is 2.58. The number of fused-ring (bicyclic) bond motifs is 1. The van der Waals surface area contributed by atoms with Crippen molar-refractivity contribution < 1.29 is 0 Å². The fourth-order valence-corrected chi connectivity index (χ4v) is 1.41. The first kappa shape index (κ1) is 8.62. The summed E-state index contributed by atoms with van der Waals surface area (Å²) < 4.78 is 0. The molecular formula is C7H8Cl2N2. The molecule has 0 aromatic carbocycles. The zero-order valence-corrected chi connectivity index (χ0v) is 7.37. The average molecular weight is 191 g/mol. The van der Waals surface area contributed by atoms with Crippen molar-refractivity contribution in [3.05, 3.63) is 22.8 Å². The van der Waals surface area contributed by atoms with Gasteiger partial charge in [0.25, 0.3) is 0 Å². The Bertz CT molecular complexity index is 263. The summed E-state index contributed by atoms with van der Waals surface area (Å²) in [6.07, 6.45) is 2.72. The third-order valence-corrected chi connectivity index (χ3v) is 2.02. The number of halogens is 2. The quantitative estimate of drug-likeness (QED) is 0.679. The van der Waals surface area contributed by atoms with Gasteiger partial charge in [-0.3, -0.25) is 0 Å². The Hall–Kier alpha value is -0.470. The van der Waals surface area contributed by atoms with Gasteiger partial charge in [0.15, 0.2) is 0 Å². The van der Waals surface area contributed by atoms with Crippen LogP contribution in [0.2, 0.25) is 5.02 Å². The first-order valence-electron chi connectivity index (χ1n) is 3.25. The van der Waals surface area contributed by atoms with Crippen molar-refractivity contribution in [1.82, 2.24) is 4.98 Å². The largest absolute Gasteiger partial charge is 0.369 e. The van der Waals surface area contributed by atoms with Crippen molar-refractivity contribution in [2.75, 3.05) is 11.9 Å². The fourth-order valence-electron chi connectivity index (χ4n) is 1.16. The Balaban J connectivity index is 0.000000605. The monoisotopic (exact) mass is 190 g/mol. The standard InChI is InChI=1S/C7H7ClN2.ClH/c8-6-2-4-10-7-5(6)1-3-9-7;/h2,4H,1,3H2,(H,9,10);1H. The van der Waals surface area contributed by atoms with Crippen molar-refractivity contribution in [3.8, 4) is 0 Å². The van der Waals surface area contributed by atoms with Gasteiger partial charge in [-0.1, -0.05) is 11.6 Å². The maximum Gasteiger partial charge on any atom is 0.130 e. The SMILES string of the molecule is Cl.Clc1ccnc2c1CCN2. The molecular weight excluding hydrogens is 183 g/mol. The van der Waals surface area contributed by atoms with Gasteiger partial charge in [-0.15, -0.1) is 12.4 Å². The van der Waals surface area contributed by atoms with E-state index in [4.69, 9.17) is 11.6 Å². The van der Waals surface area contributed by atoms with Crippen LogP contribution in [0.4, 0.5) is 5.82 Å². The number of hydrogen-bond acceptors (Lipinski definition) is 2. The summed E-state index contributed by atoms with van der Waals surface area (Å²) in [5, 5.41) is 3.97. The Morgan fingerprint density at radius 3 is 3.09 bits per heavy atom. The number of hydrogen-bond donors (Lipinski definition) is 1. The minimum Gasteiger partial charge on any atom is -0.369 e. The zero-order chi connectivity index (χ0) is 6.97. The molecule has 2 heterocycles. The van der Waals surface area contributed by atoms with Crippen LogP contribution in [-0.4, -0.2) is 11.5 Å². The minimum atomic E-state index is 0. The molecule has 1 aromatic heterocycles. The normalized spacial score (nSPS) is 13.2. The van der Waals surface area contributed by atoms with Gasteiger partial charge in [-0.25, -0.2) is 4.98 Å². The molecule has 0 atom stereocenters. The lowest BCUT2D eigenvalue weighted by atomic mass is 10.2. The van der Waals surface area contributed by atoms with Crippen LogP contribution in [0.3, 0.4) is 0 Å². The summed E-state index contributed by atoms with van der Waals surface area (Å²) in [4.78, 5) is 4.12. The van der Waals surface area contributed by atoms with Crippen LogP contribution in [0.25, 0.3) is 0 Å². The maximum atomic E-state index is 5.89. The van der Waals surface area contributed by atoms with Gasteiger partial charge in [0.05, 0.1) is 0 Å². The first-order chi connectivity index (χ1) is 4.88. The fraction of sp³-hybridized carbons (Fsp3) is 0.286. The van der Waals surface area contributed by atoms with E-state index in [2.05, 4.69) is 10.3 Å². The van der Waals surface area contributed by atoms with Crippen LogP contribution in [0.1, 0.15) is 5.56 Å². The molecule has 0 radical (unpaired) electrons. The molecule has 0 unspecified atom stereocenters. The number of anilines is 1. The number of rotatable bonds is 0. The summed E-state index contributed by atoms with van der Waals surface area (Å²) in [6, 6.07) is 1.83. The predicted molar refractivity (Wildman–Crippen MR) is 48.7 cm³/mol.